The SMILES string of the molecule is NCc1ccc(Cl)cc1C[N+]1(C(=O)c2cccc(=O)[nH]2)CCCC1C(N)=O. The van der Waals surface area contributed by atoms with Gasteiger partial charge in [0.2, 0.25) is 5.56 Å². The minimum Gasteiger partial charge on any atom is -0.364 e. The Labute approximate surface area is 161 Å². The Morgan fingerprint density at radius 2 is 2.00 bits per heavy atom. The Bertz CT molecular complexity index is 943. The van der Waals surface area contributed by atoms with Crippen molar-refractivity contribution >= 4 is 23.4 Å². The van der Waals surface area contributed by atoms with Crippen LogP contribution in [-0.4, -0.2) is 33.9 Å². The van der Waals surface area contributed by atoms with Crippen LogP contribution in [-0.2, 0) is 17.9 Å². The van der Waals surface area contributed by atoms with Gasteiger partial charge < -0.3 is 16.5 Å². The first-order chi connectivity index (χ1) is 12.9. The van der Waals surface area contributed by atoms with Crippen molar-refractivity contribution in [3.63, 3.8) is 0 Å². The fourth-order valence-electron chi connectivity index (χ4n) is 3.92. The summed E-state index contributed by atoms with van der Waals surface area (Å²) >= 11 is 6.15. The molecule has 0 bridgehead atoms. The number of rotatable bonds is 5. The topological polar surface area (TPSA) is 119 Å². The molecule has 5 N–H and O–H groups in total. The van der Waals surface area contributed by atoms with E-state index in [1.807, 2.05) is 6.07 Å². The van der Waals surface area contributed by atoms with E-state index < -0.39 is 11.9 Å². The van der Waals surface area contributed by atoms with Gasteiger partial charge in [-0.15, -0.1) is 0 Å². The highest BCUT2D eigenvalue weighted by atomic mass is 35.5. The number of aromatic nitrogens is 1. The predicted molar refractivity (Wildman–Crippen MR) is 102 cm³/mol. The number of pyridine rings is 1. The number of H-pyrrole nitrogens is 1. The van der Waals surface area contributed by atoms with Gasteiger partial charge in [0.15, 0.2) is 6.04 Å². The average Bonchev–Trinajstić information content (AvgIpc) is 3.06. The Balaban J connectivity index is 2.12. The van der Waals surface area contributed by atoms with Crippen molar-refractivity contribution in [2.24, 2.45) is 11.5 Å². The lowest BCUT2D eigenvalue weighted by molar-refractivity contribution is -0.865. The number of carbonyl (C=O) groups is 2. The molecule has 1 saturated heterocycles. The van der Waals surface area contributed by atoms with Gasteiger partial charge in [0.05, 0.1) is 6.54 Å². The molecule has 142 valence electrons. The third-order valence-electron chi connectivity index (χ3n) is 5.20. The molecule has 7 nitrogen and oxygen atoms in total. The summed E-state index contributed by atoms with van der Waals surface area (Å²) in [5.74, 6) is -0.868. The van der Waals surface area contributed by atoms with E-state index in [9.17, 15) is 14.4 Å². The Hall–Kier alpha value is -2.48. The largest absolute Gasteiger partial charge is 0.364 e. The van der Waals surface area contributed by atoms with Crippen molar-refractivity contribution in [2.45, 2.75) is 32.0 Å². The molecule has 27 heavy (non-hydrogen) atoms. The molecule has 1 fully saturated rings. The molecule has 0 radical (unpaired) electrons. The number of likely N-dealkylation sites (tertiary alicyclic amines) is 1. The highest BCUT2D eigenvalue weighted by Crippen LogP contribution is 2.33. The summed E-state index contributed by atoms with van der Waals surface area (Å²) in [5.41, 5.74) is 12.9. The van der Waals surface area contributed by atoms with Crippen LogP contribution in [0, 0.1) is 0 Å². The zero-order valence-electron chi connectivity index (χ0n) is 14.8. The summed E-state index contributed by atoms with van der Waals surface area (Å²) in [7, 11) is 0. The minimum absolute atomic E-state index is 0.159. The maximum atomic E-state index is 13.5. The zero-order valence-corrected chi connectivity index (χ0v) is 15.5. The van der Waals surface area contributed by atoms with Crippen molar-refractivity contribution in [2.75, 3.05) is 6.54 Å². The summed E-state index contributed by atoms with van der Waals surface area (Å²) in [4.78, 5) is 39.9. The monoisotopic (exact) mass is 389 g/mol. The molecule has 0 saturated carbocycles. The van der Waals surface area contributed by atoms with Crippen LogP contribution in [0.15, 0.2) is 41.2 Å². The first-order valence-electron chi connectivity index (χ1n) is 8.75. The fraction of sp³-hybridized carbons (Fsp3) is 0.316. The number of aromatic amines is 1. The van der Waals surface area contributed by atoms with E-state index in [1.54, 1.807) is 18.2 Å². The average molecular weight is 390 g/mol. The van der Waals surface area contributed by atoms with Crippen molar-refractivity contribution in [3.8, 4) is 0 Å². The van der Waals surface area contributed by atoms with Gasteiger partial charge in [-0.2, -0.15) is 0 Å². The van der Waals surface area contributed by atoms with E-state index in [4.69, 9.17) is 23.1 Å². The quantitative estimate of drug-likeness (QED) is 0.667. The van der Waals surface area contributed by atoms with E-state index in [0.29, 0.717) is 24.4 Å². The summed E-state index contributed by atoms with van der Waals surface area (Å²) in [5, 5.41) is 0.524. The maximum absolute atomic E-state index is 13.5. The summed E-state index contributed by atoms with van der Waals surface area (Å²) in [6.45, 7) is 0.959. The molecule has 0 aliphatic carbocycles. The standard InChI is InChI=1S/C19H21ClN4O3/c20-14-7-6-12(10-21)13(9-14)11-24(8-2-4-16(24)18(22)26)19(27)15-3-1-5-17(25)23-15/h1,3,5-7,9,16H,2,4,8,10-11,21H2,(H2-,22,23,25,26)/p+1. The Morgan fingerprint density at radius 3 is 2.67 bits per heavy atom. The Kier molecular flexibility index (Phi) is 5.46. The highest BCUT2D eigenvalue weighted by Gasteiger charge is 2.52. The molecule has 2 aromatic rings. The third-order valence-corrected chi connectivity index (χ3v) is 5.44. The number of nitrogens with two attached hydrogens (primary N) is 2. The van der Waals surface area contributed by atoms with Gasteiger partial charge in [-0.1, -0.05) is 23.7 Å². The van der Waals surface area contributed by atoms with E-state index >= 15 is 0 Å². The number of hydrogen-bond acceptors (Lipinski definition) is 4. The molecule has 2 unspecified atom stereocenters. The van der Waals surface area contributed by atoms with Crippen LogP contribution in [0.5, 0.6) is 0 Å². The Morgan fingerprint density at radius 1 is 1.22 bits per heavy atom. The normalized spacial score (nSPS) is 21.9. The van der Waals surface area contributed by atoms with Gasteiger partial charge in [0.25, 0.3) is 5.91 Å². The van der Waals surface area contributed by atoms with E-state index in [2.05, 4.69) is 4.98 Å². The van der Waals surface area contributed by atoms with Gasteiger partial charge in [0, 0.05) is 36.0 Å². The molecule has 3 rings (SSSR count). The number of benzene rings is 1. The van der Waals surface area contributed by atoms with Crippen LogP contribution in [0.4, 0.5) is 0 Å². The lowest BCUT2D eigenvalue weighted by Gasteiger charge is -2.36. The number of halogens is 1. The van der Waals surface area contributed by atoms with E-state index in [1.165, 1.54) is 12.1 Å². The molecule has 0 spiro atoms. The first kappa shape index (κ1) is 19.3. The molecule has 2 amide bonds. The van der Waals surface area contributed by atoms with Crippen molar-refractivity contribution in [1.29, 1.82) is 0 Å². The number of amides is 2. The second-order valence-electron chi connectivity index (χ2n) is 6.83. The zero-order chi connectivity index (χ0) is 19.6. The van der Waals surface area contributed by atoms with E-state index in [-0.39, 0.29) is 34.7 Å². The fourth-order valence-corrected chi connectivity index (χ4v) is 4.11. The summed E-state index contributed by atoms with van der Waals surface area (Å²) in [6.07, 6.45) is 1.19. The molecule has 2 atom stereocenters. The molecule has 8 heteroatoms. The minimum atomic E-state index is -0.675. The van der Waals surface area contributed by atoms with Crippen molar-refractivity contribution in [1.82, 2.24) is 4.98 Å². The van der Waals surface area contributed by atoms with Crippen LogP contribution in [0.3, 0.4) is 0 Å². The van der Waals surface area contributed by atoms with Crippen LogP contribution >= 0.6 is 11.6 Å². The molecule has 1 aliphatic rings. The van der Waals surface area contributed by atoms with Crippen LogP contribution in [0.25, 0.3) is 0 Å². The summed E-state index contributed by atoms with van der Waals surface area (Å²) in [6, 6.07) is 9.04. The number of carbonyl (C=O) groups excluding carboxylic acids is 2. The number of quaternary nitrogens is 1. The first-order valence-corrected chi connectivity index (χ1v) is 9.13. The molecule has 2 heterocycles. The second-order valence-corrected chi connectivity index (χ2v) is 7.26. The number of hydrogen-bond donors (Lipinski definition) is 3. The summed E-state index contributed by atoms with van der Waals surface area (Å²) < 4.78 is -0.178. The van der Waals surface area contributed by atoms with Gasteiger partial charge in [-0.3, -0.25) is 9.59 Å². The van der Waals surface area contributed by atoms with Crippen molar-refractivity contribution in [3.05, 3.63) is 68.6 Å². The van der Waals surface area contributed by atoms with Gasteiger partial charge in [-0.25, -0.2) is 9.28 Å². The van der Waals surface area contributed by atoms with Crippen molar-refractivity contribution < 1.29 is 14.1 Å². The molecular formula is C19H22ClN4O3+. The lowest BCUT2D eigenvalue weighted by Crippen LogP contribution is -2.60. The van der Waals surface area contributed by atoms with Crippen LogP contribution < -0.4 is 17.0 Å². The molecular weight excluding hydrogens is 368 g/mol. The van der Waals surface area contributed by atoms with Gasteiger partial charge >= 0.3 is 5.91 Å². The van der Waals surface area contributed by atoms with E-state index in [0.717, 1.165) is 11.1 Å². The maximum Gasteiger partial charge on any atom is 0.363 e. The van der Waals surface area contributed by atoms with Crippen LogP contribution in [0.1, 0.15) is 34.5 Å². The van der Waals surface area contributed by atoms with Gasteiger partial charge in [0.1, 0.15) is 12.2 Å². The lowest BCUT2D eigenvalue weighted by atomic mass is 10.0. The number of primary amides is 1. The number of nitrogens with one attached hydrogen (secondary N) is 1. The third kappa shape index (κ3) is 3.66. The highest BCUT2D eigenvalue weighted by molar-refractivity contribution is 6.30. The molecule has 1 aromatic carbocycles. The second kappa shape index (κ2) is 7.64. The predicted octanol–water partition coefficient (Wildman–Crippen LogP) is 1.29. The molecule has 1 aromatic heterocycles. The molecule has 1 aliphatic heterocycles. The van der Waals surface area contributed by atoms with Crippen LogP contribution in [0.2, 0.25) is 5.02 Å². The smallest absolute Gasteiger partial charge is 0.363 e. The van der Waals surface area contributed by atoms with Gasteiger partial charge in [-0.05, 0) is 23.8 Å². The number of nitrogens with zero attached hydrogens (tertiary/aromatic N) is 1.